The molecule has 3 heteroatoms. The van der Waals surface area contributed by atoms with Crippen LogP contribution < -0.4 is 10.1 Å². The number of amides is 1. The van der Waals surface area contributed by atoms with Gasteiger partial charge < -0.3 is 10.1 Å². The third kappa shape index (κ3) is 6.08. The molecule has 22 heavy (non-hydrogen) atoms. The molecule has 0 unspecified atom stereocenters. The lowest BCUT2D eigenvalue weighted by molar-refractivity contribution is -0.127. The molecule has 1 amide bonds. The van der Waals surface area contributed by atoms with Gasteiger partial charge in [-0.3, -0.25) is 4.79 Å². The van der Waals surface area contributed by atoms with Gasteiger partial charge >= 0.3 is 0 Å². The standard InChI is InChI=1S/C19H31NO2/c1-6-8-9-17(7-2)13-20-19(21)16(5)22-18-12-14(3)10-11-15(18)4/h10-12,16-17H,6-9,13H2,1-5H3,(H,20,21)/t16-,17+/m1/s1. The zero-order valence-electron chi connectivity index (χ0n) is 14.7. The summed E-state index contributed by atoms with van der Waals surface area (Å²) in [6, 6.07) is 6.05. The zero-order valence-corrected chi connectivity index (χ0v) is 14.7. The van der Waals surface area contributed by atoms with Crippen molar-refractivity contribution < 1.29 is 9.53 Å². The number of carbonyl (C=O) groups is 1. The molecule has 0 bridgehead atoms. The molecule has 1 N–H and O–H groups in total. The minimum Gasteiger partial charge on any atom is -0.481 e. The molecule has 0 aliphatic carbocycles. The monoisotopic (exact) mass is 305 g/mol. The molecule has 0 saturated carbocycles. The fourth-order valence-electron chi connectivity index (χ4n) is 2.41. The number of rotatable bonds is 9. The SMILES string of the molecule is CCCC[C@H](CC)CNC(=O)[C@@H](C)Oc1cc(C)ccc1C. The highest BCUT2D eigenvalue weighted by molar-refractivity contribution is 5.80. The van der Waals surface area contributed by atoms with E-state index < -0.39 is 6.10 Å². The molecule has 1 rings (SSSR count). The molecule has 0 aromatic heterocycles. The maximum absolute atomic E-state index is 12.2. The Morgan fingerprint density at radius 2 is 2.00 bits per heavy atom. The van der Waals surface area contributed by atoms with Gasteiger partial charge in [-0.05, 0) is 50.3 Å². The molecule has 0 aliphatic heterocycles. The molecule has 1 aromatic carbocycles. The van der Waals surface area contributed by atoms with Crippen molar-refractivity contribution in [2.75, 3.05) is 6.54 Å². The third-order valence-corrected chi connectivity index (χ3v) is 4.12. The number of aryl methyl sites for hydroxylation is 2. The second kappa shape index (κ2) is 9.50. The maximum atomic E-state index is 12.2. The summed E-state index contributed by atoms with van der Waals surface area (Å²) in [5.41, 5.74) is 2.19. The van der Waals surface area contributed by atoms with E-state index in [1.807, 2.05) is 39.0 Å². The van der Waals surface area contributed by atoms with E-state index in [0.717, 1.165) is 29.8 Å². The highest BCUT2D eigenvalue weighted by atomic mass is 16.5. The van der Waals surface area contributed by atoms with Crippen LogP contribution in [-0.4, -0.2) is 18.6 Å². The van der Waals surface area contributed by atoms with Crippen LogP contribution in [-0.2, 0) is 4.79 Å². The molecule has 0 aliphatic rings. The Labute approximate surface area is 135 Å². The van der Waals surface area contributed by atoms with Crippen LogP contribution in [0.15, 0.2) is 18.2 Å². The lowest BCUT2D eigenvalue weighted by Gasteiger charge is -2.19. The van der Waals surface area contributed by atoms with E-state index in [2.05, 4.69) is 19.2 Å². The lowest BCUT2D eigenvalue weighted by Crippen LogP contribution is -2.39. The van der Waals surface area contributed by atoms with Crippen LogP contribution >= 0.6 is 0 Å². The molecule has 0 spiro atoms. The highest BCUT2D eigenvalue weighted by Gasteiger charge is 2.17. The van der Waals surface area contributed by atoms with Crippen LogP contribution in [0.1, 0.15) is 57.6 Å². The van der Waals surface area contributed by atoms with E-state index in [0.29, 0.717) is 5.92 Å². The Kier molecular flexibility index (Phi) is 8.00. The molecular weight excluding hydrogens is 274 g/mol. The van der Waals surface area contributed by atoms with E-state index in [-0.39, 0.29) is 5.91 Å². The van der Waals surface area contributed by atoms with Crippen LogP contribution in [0.25, 0.3) is 0 Å². The van der Waals surface area contributed by atoms with Gasteiger partial charge in [0, 0.05) is 6.54 Å². The Balaban J connectivity index is 2.49. The summed E-state index contributed by atoms with van der Waals surface area (Å²) in [4.78, 5) is 12.2. The third-order valence-electron chi connectivity index (χ3n) is 4.12. The molecule has 3 nitrogen and oxygen atoms in total. The molecule has 0 radical (unpaired) electrons. The number of ether oxygens (including phenoxy) is 1. The fraction of sp³-hybridized carbons (Fsp3) is 0.632. The Hall–Kier alpha value is -1.51. The molecule has 2 atom stereocenters. The molecular formula is C19H31NO2. The summed E-state index contributed by atoms with van der Waals surface area (Å²) in [6.07, 6.45) is 4.25. The summed E-state index contributed by atoms with van der Waals surface area (Å²) in [5.74, 6) is 1.33. The Morgan fingerprint density at radius 3 is 2.64 bits per heavy atom. The van der Waals surface area contributed by atoms with Crippen LogP contribution in [0.4, 0.5) is 0 Å². The maximum Gasteiger partial charge on any atom is 0.260 e. The number of unbranched alkanes of at least 4 members (excludes halogenated alkanes) is 1. The van der Waals surface area contributed by atoms with Gasteiger partial charge in [-0.2, -0.15) is 0 Å². The van der Waals surface area contributed by atoms with Crippen molar-refractivity contribution in [3.05, 3.63) is 29.3 Å². The summed E-state index contributed by atoms with van der Waals surface area (Å²) in [6.45, 7) is 11.0. The van der Waals surface area contributed by atoms with Crippen molar-refractivity contribution in [1.82, 2.24) is 5.32 Å². The van der Waals surface area contributed by atoms with Crippen LogP contribution in [0.3, 0.4) is 0 Å². The first-order chi connectivity index (χ1) is 10.5. The number of nitrogens with one attached hydrogen (secondary N) is 1. The number of hydrogen-bond acceptors (Lipinski definition) is 2. The van der Waals surface area contributed by atoms with Gasteiger partial charge in [0.05, 0.1) is 0 Å². The summed E-state index contributed by atoms with van der Waals surface area (Å²) >= 11 is 0. The van der Waals surface area contributed by atoms with E-state index in [1.54, 1.807) is 0 Å². The van der Waals surface area contributed by atoms with E-state index >= 15 is 0 Å². The molecule has 1 aromatic rings. The summed E-state index contributed by atoms with van der Waals surface area (Å²) < 4.78 is 5.82. The van der Waals surface area contributed by atoms with Crippen molar-refractivity contribution in [3.63, 3.8) is 0 Å². The van der Waals surface area contributed by atoms with Crippen LogP contribution in [0.5, 0.6) is 5.75 Å². The zero-order chi connectivity index (χ0) is 16.5. The first kappa shape index (κ1) is 18.5. The normalized spacial score (nSPS) is 13.5. The topological polar surface area (TPSA) is 38.3 Å². The second-order valence-electron chi connectivity index (χ2n) is 6.19. The minimum atomic E-state index is -0.468. The second-order valence-corrected chi connectivity index (χ2v) is 6.19. The van der Waals surface area contributed by atoms with Crippen LogP contribution in [0.2, 0.25) is 0 Å². The van der Waals surface area contributed by atoms with Crippen molar-refractivity contribution in [1.29, 1.82) is 0 Å². The van der Waals surface area contributed by atoms with Crippen molar-refractivity contribution in [2.45, 2.75) is 66.4 Å². The lowest BCUT2D eigenvalue weighted by atomic mass is 9.99. The van der Waals surface area contributed by atoms with Crippen molar-refractivity contribution in [2.24, 2.45) is 5.92 Å². The smallest absolute Gasteiger partial charge is 0.260 e. The van der Waals surface area contributed by atoms with Gasteiger partial charge in [-0.15, -0.1) is 0 Å². The number of carbonyl (C=O) groups excluding carboxylic acids is 1. The fourth-order valence-corrected chi connectivity index (χ4v) is 2.41. The Morgan fingerprint density at radius 1 is 1.27 bits per heavy atom. The molecule has 124 valence electrons. The number of benzene rings is 1. The quantitative estimate of drug-likeness (QED) is 0.734. The van der Waals surface area contributed by atoms with Gasteiger partial charge in [0.2, 0.25) is 0 Å². The van der Waals surface area contributed by atoms with Gasteiger partial charge in [-0.1, -0.05) is 45.2 Å². The molecule has 0 fully saturated rings. The van der Waals surface area contributed by atoms with Gasteiger partial charge in [-0.25, -0.2) is 0 Å². The molecule has 0 heterocycles. The summed E-state index contributed by atoms with van der Waals surface area (Å²) in [5, 5.41) is 3.03. The first-order valence-electron chi connectivity index (χ1n) is 8.49. The first-order valence-corrected chi connectivity index (χ1v) is 8.49. The van der Waals surface area contributed by atoms with Crippen molar-refractivity contribution >= 4 is 5.91 Å². The van der Waals surface area contributed by atoms with E-state index in [4.69, 9.17) is 4.74 Å². The summed E-state index contributed by atoms with van der Waals surface area (Å²) in [7, 11) is 0. The molecule has 0 saturated heterocycles. The average Bonchev–Trinajstić information content (AvgIpc) is 2.50. The van der Waals surface area contributed by atoms with Gasteiger partial charge in [0.15, 0.2) is 6.10 Å². The van der Waals surface area contributed by atoms with Gasteiger partial charge in [0.25, 0.3) is 5.91 Å². The van der Waals surface area contributed by atoms with E-state index in [1.165, 1.54) is 19.3 Å². The van der Waals surface area contributed by atoms with Crippen LogP contribution in [0, 0.1) is 19.8 Å². The Bertz CT molecular complexity index is 471. The number of hydrogen-bond donors (Lipinski definition) is 1. The highest BCUT2D eigenvalue weighted by Crippen LogP contribution is 2.20. The predicted octanol–water partition coefficient (Wildman–Crippen LogP) is 4.40. The minimum absolute atomic E-state index is 0.0316. The van der Waals surface area contributed by atoms with Crippen molar-refractivity contribution in [3.8, 4) is 5.75 Å². The largest absolute Gasteiger partial charge is 0.481 e. The van der Waals surface area contributed by atoms with E-state index in [9.17, 15) is 4.79 Å². The van der Waals surface area contributed by atoms with Gasteiger partial charge in [0.1, 0.15) is 5.75 Å². The average molecular weight is 305 g/mol. The predicted molar refractivity (Wildman–Crippen MR) is 92.3 cm³/mol.